The van der Waals surface area contributed by atoms with Gasteiger partial charge in [-0.3, -0.25) is 9.36 Å². The zero-order valence-electron chi connectivity index (χ0n) is 16.8. The highest BCUT2D eigenvalue weighted by Crippen LogP contribution is 2.34. The van der Waals surface area contributed by atoms with Crippen LogP contribution in [0.5, 0.6) is 0 Å². The van der Waals surface area contributed by atoms with E-state index in [9.17, 15) is 9.59 Å². The van der Waals surface area contributed by atoms with Gasteiger partial charge in [-0.15, -0.1) is 11.3 Å². The summed E-state index contributed by atoms with van der Waals surface area (Å²) in [6.07, 6.45) is 1.84. The highest BCUT2D eigenvalue weighted by atomic mass is 35.5. The van der Waals surface area contributed by atoms with Crippen LogP contribution in [0.4, 0.5) is 0 Å². The van der Waals surface area contributed by atoms with Crippen molar-refractivity contribution in [1.82, 2.24) is 4.57 Å². The Hall–Kier alpha value is -2.52. The molecule has 4 rings (SSSR count). The molecule has 0 saturated heterocycles. The van der Waals surface area contributed by atoms with Gasteiger partial charge in [0.1, 0.15) is 12.6 Å². The van der Waals surface area contributed by atoms with Crippen LogP contribution in [-0.4, -0.2) is 30.9 Å². The average molecular weight is 475 g/mol. The molecule has 31 heavy (non-hydrogen) atoms. The number of rotatable bonds is 6. The smallest absolute Gasteiger partial charge is 0.338 e. The summed E-state index contributed by atoms with van der Waals surface area (Å²) in [7, 11) is 1.53. The lowest BCUT2D eigenvalue weighted by atomic mass is 9.96. The molecule has 0 fully saturated rings. The Balaban J connectivity index is 1.91. The van der Waals surface area contributed by atoms with Crippen LogP contribution in [0.2, 0.25) is 5.02 Å². The molecule has 0 N–H and O–H groups in total. The number of benzene rings is 1. The Kier molecular flexibility index (Phi) is 6.52. The molecule has 1 atom stereocenters. The van der Waals surface area contributed by atoms with Crippen molar-refractivity contribution in [3.63, 3.8) is 0 Å². The maximum atomic E-state index is 13.4. The third kappa shape index (κ3) is 4.29. The van der Waals surface area contributed by atoms with E-state index < -0.39 is 12.0 Å². The van der Waals surface area contributed by atoms with Gasteiger partial charge >= 0.3 is 5.97 Å². The third-order valence-corrected chi connectivity index (χ3v) is 6.93. The van der Waals surface area contributed by atoms with E-state index in [2.05, 4.69) is 4.99 Å². The van der Waals surface area contributed by atoms with Crippen molar-refractivity contribution in [2.24, 2.45) is 4.99 Å². The van der Waals surface area contributed by atoms with Gasteiger partial charge in [0.15, 0.2) is 4.80 Å². The van der Waals surface area contributed by atoms with Crippen LogP contribution in [0.15, 0.2) is 62.8 Å². The Morgan fingerprint density at radius 2 is 2.06 bits per heavy atom. The molecule has 0 radical (unpaired) electrons. The quantitative estimate of drug-likeness (QED) is 0.406. The van der Waals surface area contributed by atoms with Gasteiger partial charge in [0.25, 0.3) is 5.56 Å². The van der Waals surface area contributed by atoms with Gasteiger partial charge in [-0.2, -0.15) is 0 Å². The number of aromatic nitrogens is 1. The Morgan fingerprint density at radius 1 is 1.26 bits per heavy atom. The number of ether oxygens (including phenoxy) is 2. The standard InChI is InChI=1S/C22H19ClN2O4S2/c1-13-18(21(27)29-10-9-28-2)19(15-7-3-4-8-16(15)23)25-20(26)17(31-22(25)24-13)12-14-6-5-11-30-14/h3-8,11-12,19H,9-10H2,1-2H3/b17-12-/t19-/m1/s1. The number of carbonyl (C=O) groups is 1. The molecule has 0 spiro atoms. The maximum Gasteiger partial charge on any atom is 0.338 e. The maximum absolute atomic E-state index is 13.4. The minimum atomic E-state index is -0.731. The second kappa shape index (κ2) is 9.32. The second-order valence-electron chi connectivity index (χ2n) is 6.75. The van der Waals surface area contributed by atoms with Crippen LogP contribution in [0.3, 0.4) is 0 Å². The van der Waals surface area contributed by atoms with E-state index in [0.29, 0.717) is 31.2 Å². The van der Waals surface area contributed by atoms with E-state index in [1.54, 1.807) is 30.4 Å². The van der Waals surface area contributed by atoms with Crippen LogP contribution in [0.25, 0.3) is 6.08 Å². The number of fused-ring (bicyclic) bond motifs is 1. The summed E-state index contributed by atoms with van der Waals surface area (Å²) < 4.78 is 12.4. The lowest BCUT2D eigenvalue weighted by molar-refractivity contribution is -0.140. The largest absolute Gasteiger partial charge is 0.460 e. The minimum absolute atomic E-state index is 0.101. The first-order valence-corrected chi connectivity index (χ1v) is 11.5. The Morgan fingerprint density at radius 3 is 2.77 bits per heavy atom. The monoisotopic (exact) mass is 474 g/mol. The van der Waals surface area contributed by atoms with E-state index in [1.165, 1.54) is 23.0 Å². The van der Waals surface area contributed by atoms with Gasteiger partial charge < -0.3 is 9.47 Å². The molecule has 6 nitrogen and oxygen atoms in total. The first kappa shape index (κ1) is 21.7. The van der Waals surface area contributed by atoms with Crippen LogP contribution in [-0.2, 0) is 14.3 Å². The fourth-order valence-corrected chi connectivity index (χ4v) is 5.38. The molecule has 0 saturated carbocycles. The summed E-state index contributed by atoms with van der Waals surface area (Å²) in [5, 5.41) is 2.41. The van der Waals surface area contributed by atoms with Crippen LogP contribution in [0, 0.1) is 0 Å². The summed E-state index contributed by atoms with van der Waals surface area (Å²) in [6, 6.07) is 10.3. The highest BCUT2D eigenvalue weighted by molar-refractivity contribution is 7.11. The van der Waals surface area contributed by atoms with Gasteiger partial charge in [0.05, 0.1) is 22.4 Å². The molecule has 0 amide bonds. The number of methoxy groups -OCH3 is 1. The molecular formula is C22H19ClN2O4S2. The van der Waals surface area contributed by atoms with Gasteiger partial charge in [0.2, 0.25) is 0 Å². The fraction of sp³-hybridized carbons (Fsp3) is 0.227. The van der Waals surface area contributed by atoms with Crippen molar-refractivity contribution in [2.75, 3.05) is 20.3 Å². The van der Waals surface area contributed by atoms with Gasteiger partial charge in [-0.25, -0.2) is 9.79 Å². The first-order chi connectivity index (χ1) is 15.0. The van der Waals surface area contributed by atoms with E-state index in [4.69, 9.17) is 21.1 Å². The minimum Gasteiger partial charge on any atom is -0.460 e. The molecule has 1 aliphatic rings. The number of thiophene rings is 1. The molecule has 0 unspecified atom stereocenters. The van der Waals surface area contributed by atoms with Crippen molar-refractivity contribution < 1.29 is 14.3 Å². The second-order valence-corrected chi connectivity index (χ2v) is 9.14. The van der Waals surface area contributed by atoms with E-state index in [0.717, 1.165) is 4.88 Å². The fourth-order valence-electron chi connectivity index (χ4n) is 3.37. The van der Waals surface area contributed by atoms with Crippen molar-refractivity contribution in [3.05, 3.63) is 88.2 Å². The number of hydrogen-bond acceptors (Lipinski definition) is 7. The molecule has 2 aromatic heterocycles. The summed E-state index contributed by atoms with van der Waals surface area (Å²) in [6.45, 7) is 2.12. The molecule has 0 aliphatic carbocycles. The number of thiazole rings is 1. The lowest BCUT2D eigenvalue weighted by Gasteiger charge is -2.25. The SMILES string of the molecule is COCCOC(=O)C1=C(C)N=c2s/c(=C\c3cccs3)c(=O)n2[C@@H]1c1ccccc1Cl. The van der Waals surface area contributed by atoms with E-state index in [-0.39, 0.29) is 18.8 Å². The number of nitrogens with zero attached hydrogens (tertiary/aromatic N) is 2. The predicted molar refractivity (Wildman–Crippen MR) is 122 cm³/mol. The summed E-state index contributed by atoms with van der Waals surface area (Å²) >= 11 is 9.33. The number of allylic oxidation sites excluding steroid dienone is 1. The van der Waals surface area contributed by atoms with Crippen LogP contribution in [0.1, 0.15) is 23.4 Å². The molecule has 3 heterocycles. The first-order valence-electron chi connectivity index (χ1n) is 9.48. The normalized spacial score (nSPS) is 16.2. The lowest BCUT2D eigenvalue weighted by Crippen LogP contribution is -2.40. The third-order valence-electron chi connectivity index (χ3n) is 4.78. The number of halogens is 1. The number of esters is 1. The van der Waals surface area contributed by atoms with E-state index in [1.807, 2.05) is 35.7 Å². The van der Waals surface area contributed by atoms with Gasteiger partial charge in [0, 0.05) is 17.0 Å². The van der Waals surface area contributed by atoms with Crippen molar-refractivity contribution in [1.29, 1.82) is 0 Å². The van der Waals surface area contributed by atoms with Crippen molar-refractivity contribution in [2.45, 2.75) is 13.0 Å². The Bertz CT molecular complexity index is 1320. The van der Waals surface area contributed by atoms with Crippen molar-refractivity contribution in [3.8, 4) is 0 Å². The van der Waals surface area contributed by atoms with Crippen LogP contribution < -0.4 is 14.9 Å². The molecule has 3 aromatic rings. The molecule has 160 valence electrons. The summed E-state index contributed by atoms with van der Waals surface area (Å²) in [5.41, 5.74) is 1.20. The molecule has 0 bridgehead atoms. The van der Waals surface area contributed by atoms with Gasteiger partial charge in [-0.1, -0.05) is 47.2 Å². The average Bonchev–Trinajstić information content (AvgIpc) is 3.36. The summed E-state index contributed by atoms with van der Waals surface area (Å²) in [4.78, 5) is 32.5. The topological polar surface area (TPSA) is 69.9 Å². The van der Waals surface area contributed by atoms with Crippen LogP contribution >= 0.6 is 34.3 Å². The molecular weight excluding hydrogens is 456 g/mol. The van der Waals surface area contributed by atoms with E-state index >= 15 is 0 Å². The zero-order chi connectivity index (χ0) is 22.0. The molecule has 1 aromatic carbocycles. The van der Waals surface area contributed by atoms with Crippen molar-refractivity contribution >= 4 is 46.3 Å². The predicted octanol–water partition coefficient (Wildman–Crippen LogP) is 3.14. The van der Waals surface area contributed by atoms with Gasteiger partial charge in [-0.05, 0) is 36.1 Å². The summed E-state index contributed by atoms with van der Waals surface area (Å²) in [5.74, 6) is -0.546. The number of hydrogen-bond donors (Lipinski definition) is 0. The zero-order valence-corrected chi connectivity index (χ0v) is 19.2. The molecule has 1 aliphatic heterocycles. The highest BCUT2D eigenvalue weighted by Gasteiger charge is 2.34. The Labute approximate surface area is 191 Å². The molecule has 9 heteroatoms. The number of carbonyl (C=O) groups excluding carboxylic acids is 1.